The molecule has 3 heteroatoms. The van der Waals surface area contributed by atoms with Gasteiger partial charge in [0.2, 0.25) is 0 Å². The van der Waals surface area contributed by atoms with Gasteiger partial charge in [-0.25, -0.2) is 0 Å². The third-order valence-corrected chi connectivity index (χ3v) is 2.40. The highest BCUT2D eigenvalue weighted by Crippen LogP contribution is 2.14. The van der Waals surface area contributed by atoms with Crippen molar-refractivity contribution in [2.45, 2.75) is 25.8 Å². The average Bonchev–Trinajstić information content (AvgIpc) is 1.99. The minimum absolute atomic E-state index is 0.292. The number of likely N-dealkylation sites (tertiary alicyclic amines) is 1. The summed E-state index contributed by atoms with van der Waals surface area (Å²) < 4.78 is 0. The molecular formula is C9H20N2O. The predicted molar refractivity (Wildman–Crippen MR) is 49.9 cm³/mol. The van der Waals surface area contributed by atoms with Crippen LogP contribution in [0.15, 0.2) is 0 Å². The maximum absolute atomic E-state index is 8.67. The normalized spacial score (nSPS) is 32.2. The Bertz CT molecular complexity index is 120. The highest BCUT2D eigenvalue weighted by molar-refractivity contribution is 4.78. The van der Waals surface area contributed by atoms with E-state index >= 15 is 0 Å². The summed E-state index contributed by atoms with van der Waals surface area (Å²) >= 11 is 0. The van der Waals surface area contributed by atoms with Crippen molar-refractivity contribution in [1.82, 2.24) is 4.90 Å². The van der Waals surface area contributed by atoms with Crippen LogP contribution in [-0.2, 0) is 0 Å². The number of aliphatic hydroxyl groups is 1. The molecule has 12 heavy (non-hydrogen) atoms. The van der Waals surface area contributed by atoms with Crippen LogP contribution in [0, 0.1) is 5.92 Å². The van der Waals surface area contributed by atoms with Gasteiger partial charge in [0.15, 0.2) is 0 Å². The van der Waals surface area contributed by atoms with Crippen molar-refractivity contribution in [2.24, 2.45) is 11.7 Å². The van der Waals surface area contributed by atoms with Gasteiger partial charge in [0, 0.05) is 32.3 Å². The number of hydrogen-bond donors (Lipinski definition) is 2. The summed E-state index contributed by atoms with van der Waals surface area (Å²) in [6, 6.07) is 0.340. The van der Waals surface area contributed by atoms with Crippen LogP contribution >= 0.6 is 0 Å². The number of nitrogens with zero attached hydrogens (tertiary/aromatic N) is 1. The van der Waals surface area contributed by atoms with E-state index in [0.29, 0.717) is 18.6 Å². The van der Waals surface area contributed by atoms with Crippen molar-refractivity contribution < 1.29 is 5.11 Å². The largest absolute Gasteiger partial charge is 0.396 e. The summed E-state index contributed by atoms with van der Waals surface area (Å²) in [5.41, 5.74) is 5.88. The Labute approximate surface area is 74.5 Å². The van der Waals surface area contributed by atoms with Gasteiger partial charge in [0.25, 0.3) is 0 Å². The zero-order valence-electron chi connectivity index (χ0n) is 7.87. The molecule has 1 rings (SSSR count). The number of rotatable bonds is 3. The quantitative estimate of drug-likeness (QED) is 0.632. The monoisotopic (exact) mass is 172 g/mol. The topological polar surface area (TPSA) is 49.5 Å². The summed E-state index contributed by atoms with van der Waals surface area (Å²) in [6.07, 6.45) is 2.02. The molecule has 3 N–H and O–H groups in total. The number of piperidine rings is 1. The lowest BCUT2D eigenvalue weighted by atomic mass is 9.96. The number of nitrogens with two attached hydrogens (primary N) is 1. The molecular weight excluding hydrogens is 152 g/mol. The molecule has 1 aliphatic heterocycles. The van der Waals surface area contributed by atoms with E-state index in [1.165, 1.54) is 0 Å². The van der Waals surface area contributed by atoms with Gasteiger partial charge in [0.1, 0.15) is 0 Å². The van der Waals surface area contributed by atoms with E-state index in [4.69, 9.17) is 10.8 Å². The van der Waals surface area contributed by atoms with Gasteiger partial charge in [-0.15, -0.1) is 0 Å². The molecule has 0 aliphatic carbocycles. The molecule has 1 heterocycles. The lowest BCUT2D eigenvalue weighted by Gasteiger charge is -2.34. The molecule has 0 spiro atoms. The molecule has 2 atom stereocenters. The van der Waals surface area contributed by atoms with Crippen LogP contribution in [0.3, 0.4) is 0 Å². The molecule has 0 saturated carbocycles. The van der Waals surface area contributed by atoms with Gasteiger partial charge in [-0.2, -0.15) is 0 Å². The van der Waals surface area contributed by atoms with Crippen LogP contribution in [-0.4, -0.2) is 42.3 Å². The Morgan fingerprint density at radius 1 is 1.50 bits per heavy atom. The van der Waals surface area contributed by atoms with Crippen LogP contribution in [0.1, 0.15) is 19.8 Å². The van der Waals surface area contributed by atoms with E-state index in [-0.39, 0.29) is 0 Å². The van der Waals surface area contributed by atoms with E-state index in [9.17, 15) is 0 Å². The Morgan fingerprint density at radius 3 is 2.83 bits per heavy atom. The van der Waals surface area contributed by atoms with Gasteiger partial charge < -0.3 is 15.7 Å². The van der Waals surface area contributed by atoms with Crippen LogP contribution < -0.4 is 5.73 Å². The fraction of sp³-hybridized carbons (Fsp3) is 1.00. The molecule has 0 aromatic carbocycles. The second-order valence-electron chi connectivity index (χ2n) is 3.94. The maximum atomic E-state index is 8.67. The predicted octanol–water partition coefficient (Wildman–Crippen LogP) is 0.0379. The smallest absolute Gasteiger partial charge is 0.0443 e. The van der Waals surface area contributed by atoms with Crippen molar-refractivity contribution in [2.75, 3.05) is 26.2 Å². The van der Waals surface area contributed by atoms with Crippen molar-refractivity contribution in [3.8, 4) is 0 Å². The third kappa shape index (κ3) is 3.09. The van der Waals surface area contributed by atoms with Gasteiger partial charge >= 0.3 is 0 Å². The molecule has 0 bridgehead atoms. The van der Waals surface area contributed by atoms with Crippen molar-refractivity contribution in [3.05, 3.63) is 0 Å². The first kappa shape index (κ1) is 9.96. The molecule has 72 valence electrons. The fourth-order valence-electron chi connectivity index (χ4n) is 1.99. The lowest BCUT2D eigenvalue weighted by molar-refractivity contribution is 0.151. The van der Waals surface area contributed by atoms with Gasteiger partial charge in [-0.05, 0) is 18.8 Å². The van der Waals surface area contributed by atoms with E-state index in [2.05, 4.69) is 11.8 Å². The van der Waals surface area contributed by atoms with Gasteiger partial charge in [0.05, 0.1) is 0 Å². The first-order valence-electron chi connectivity index (χ1n) is 4.81. The molecule has 0 aromatic rings. The van der Waals surface area contributed by atoms with Crippen molar-refractivity contribution in [3.63, 3.8) is 0 Å². The van der Waals surface area contributed by atoms with Crippen LogP contribution in [0.2, 0.25) is 0 Å². The second kappa shape index (κ2) is 4.80. The molecule has 0 aromatic heterocycles. The summed E-state index contributed by atoms with van der Waals surface area (Å²) in [5.74, 6) is 0.715. The zero-order valence-corrected chi connectivity index (χ0v) is 7.87. The maximum Gasteiger partial charge on any atom is 0.0443 e. The highest BCUT2D eigenvalue weighted by Gasteiger charge is 2.21. The van der Waals surface area contributed by atoms with E-state index < -0.39 is 0 Å². The summed E-state index contributed by atoms with van der Waals surface area (Å²) in [7, 11) is 0. The van der Waals surface area contributed by atoms with Gasteiger partial charge in [-0.1, -0.05) is 6.92 Å². The lowest BCUT2D eigenvalue weighted by Crippen LogP contribution is -2.46. The molecule has 1 aliphatic rings. The molecule has 0 radical (unpaired) electrons. The Hall–Kier alpha value is -0.120. The van der Waals surface area contributed by atoms with Crippen molar-refractivity contribution in [1.29, 1.82) is 0 Å². The summed E-state index contributed by atoms with van der Waals surface area (Å²) in [4.78, 5) is 2.36. The Morgan fingerprint density at radius 2 is 2.25 bits per heavy atom. The molecule has 2 unspecified atom stereocenters. The standard InChI is InChI=1S/C9H20N2O/c1-8-5-9(10)7-11(6-8)3-2-4-12/h8-9,12H,2-7,10H2,1H3. The van der Waals surface area contributed by atoms with E-state index in [1.54, 1.807) is 0 Å². The summed E-state index contributed by atoms with van der Waals surface area (Å²) in [5, 5.41) is 8.67. The van der Waals surface area contributed by atoms with Crippen LogP contribution in [0.4, 0.5) is 0 Å². The molecule has 1 saturated heterocycles. The average molecular weight is 172 g/mol. The fourth-order valence-corrected chi connectivity index (χ4v) is 1.99. The number of hydrogen-bond acceptors (Lipinski definition) is 3. The SMILES string of the molecule is CC1CC(N)CN(CCCO)C1. The summed E-state index contributed by atoms with van der Waals surface area (Å²) in [6.45, 7) is 5.68. The first-order chi connectivity index (χ1) is 5.72. The number of aliphatic hydroxyl groups excluding tert-OH is 1. The molecule has 1 fully saturated rings. The second-order valence-corrected chi connectivity index (χ2v) is 3.94. The zero-order chi connectivity index (χ0) is 8.97. The molecule has 3 nitrogen and oxygen atoms in total. The van der Waals surface area contributed by atoms with Crippen molar-refractivity contribution >= 4 is 0 Å². The third-order valence-electron chi connectivity index (χ3n) is 2.40. The molecule has 0 amide bonds. The Kier molecular flexibility index (Phi) is 3.98. The van der Waals surface area contributed by atoms with Crippen LogP contribution in [0.25, 0.3) is 0 Å². The Balaban J connectivity index is 2.24. The van der Waals surface area contributed by atoms with E-state index in [0.717, 1.165) is 32.5 Å². The first-order valence-corrected chi connectivity index (χ1v) is 4.81. The van der Waals surface area contributed by atoms with Gasteiger partial charge in [-0.3, -0.25) is 0 Å². The minimum Gasteiger partial charge on any atom is -0.396 e. The highest BCUT2D eigenvalue weighted by atomic mass is 16.3. The minimum atomic E-state index is 0.292. The van der Waals surface area contributed by atoms with E-state index in [1.807, 2.05) is 0 Å². The van der Waals surface area contributed by atoms with Crippen LogP contribution in [0.5, 0.6) is 0 Å².